The average molecular weight is 463 g/mol. The van der Waals surface area contributed by atoms with Gasteiger partial charge in [-0.1, -0.05) is 6.42 Å². The number of nitrogens with zero attached hydrogens (tertiary/aromatic N) is 1. The van der Waals surface area contributed by atoms with E-state index < -0.39 is 10.0 Å². The van der Waals surface area contributed by atoms with Crippen molar-refractivity contribution < 1.29 is 27.4 Å². The number of ether oxygens (including phenoxy) is 3. The van der Waals surface area contributed by atoms with Crippen molar-refractivity contribution in [2.45, 2.75) is 38.0 Å². The van der Waals surface area contributed by atoms with E-state index in [0.29, 0.717) is 49.1 Å². The minimum atomic E-state index is -3.74. The minimum absolute atomic E-state index is 0.0591. The summed E-state index contributed by atoms with van der Waals surface area (Å²) in [4.78, 5) is 12.9. The number of methoxy groups -OCH3 is 1. The molecule has 0 radical (unpaired) electrons. The van der Waals surface area contributed by atoms with Crippen LogP contribution in [-0.4, -0.2) is 52.0 Å². The zero-order chi connectivity index (χ0) is 23.1. The molecule has 0 unspecified atom stereocenters. The Hall–Kier alpha value is -2.78. The maximum atomic E-state index is 13.3. The second-order valence-electron chi connectivity index (χ2n) is 7.31. The predicted molar refractivity (Wildman–Crippen MR) is 122 cm³/mol. The number of amides is 1. The van der Waals surface area contributed by atoms with Gasteiger partial charge in [-0.3, -0.25) is 4.79 Å². The number of hydrogen-bond acceptors (Lipinski definition) is 6. The van der Waals surface area contributed by atoms with E-state index >= 15 is 0 Å². The summed E-state index contributed by atoms with van der Waals surface area (Å²) in [6, 6.07) is 9.54. The minimum Gasteiger partial charge on any atom is -0.493 e. The van der Waals surface area contributed by atoms with Gasteiger partial charge in [0, 0.05) is 24.3 Å². The predicted octanol–water partition coefficient (Wildman–Crippen LogP) is 3.92. The van der Waals surface area contributed by atoms with Crippen LogP contribution in [0.15, 0.2) is 41.3 Å². The van der Waals surface area contributed by atoms with Crippen molar-refractivity contribution in [3.05, 3.63) is 42.0 Å². The standard InChI is InChI=1S/C23H30N2O6S/c1-4-30-20-12-10-18(16-22(20)32(27,28)25-13-7-6-8-14-25)24-23(26)17-9-11-19(29-3)21(15-17)31-5-2/h9-12,15-16H,4-8,13-14H2,1-3H3,(H,24,26). The summed E-state index contributed by atoms with van der Waals surface area (Å²) >= 11 is 0. The van der Waals surface area contributed by atoms with Gasteiger partial charge in [-0.15, -0.1) is 0 Å². The van der Waals surface area contributed by atoms with Crippen molar-refractivity contribution in [2.75, 3.05) is 38.7 Å². The number of benzene rings is 2. The van der Waals surface area contributed by atoms with Crippen LogP contribution >= 0.6 is 0 Å². The number of rotatable bonds is 9. The lowest BCUT2D eigenvalue weighted by Crippen LogP contribution is -2.35. The lowest BCUT2D eigenvalue weighted by atomic mass is 10.1. The van der Waals surface area contributed by atoms with E-state index in [1.165, 1.54) is 17.5 Å². The number of sulfonamides is 1. The molecule has 9 heteroatoms. The molecule has 1 fully saturated rings. The molecule has 0 aliphatic carbocycles. The van der Waals surface area contributed by atoms with E-state index in [4.69, 9.17) is 14.2 Å². The number of carbonyl (C=O) groups is 1. The molecule has 0 saturated carbocycles. The first-order valence-corrected chi connectivity index (χ1v) is 12.2. The normalized spacial score (nSPS) is 14.6. The lowest BCUT2D eigenvalue weighted by molar-refractivity contribution is 0.102. The van der Waals surface area contributed by atoms with Crippen LogP contribution in [0.5, 0.6) is 17.2 Å². The summed E-state index contributed by atoms with van der Waals surface area (Å²) in [6.07, 6.45) is 2.69. The highest BCUT2D eigenvalue weighted by Gasteiger charge is 2.29. The highest BCUT2D eigenvalue weighted by atomic mass is 32.2. The van der Waals surface area contributed by atoms with Gasteiger partial charge < -0.3 is 19.5 Å². The largest absolute Gasteiger partial charge is 0.493 e. The Balaban J connectivity index is 1.89. The first-order chi connectivity index (χ1) is 15.4. The van der Waals surface area contributed by atoms with Gasteiger partial charge in [-0.25, -0.2) is 8.42 Å². The van der Waals surface area contributed by atoms with Gasteiger partial charge in [0.15, 0.2) is 11.5 Å². The number of anilines is 1. The Kier molecular flexibility index (Phi) is 7.98. The fourth-order valence-electron chi connectivity index (χ4n) is 3.60. The van der Waals surface area contributed by atoms with Crippen LogP contribution in [0.3, 0.4) is 0 Å². The van der Waals surface area contributed by atoms with Crippen molar-refractivity contribution in [1.29, 1.82) is 0 Å². The smallest absolute Gasteiger partial charge is 0.255 e. The SMILES string of the molecule is CCOc1cc(C(=O)Nc2ccc(OCC)c(S(=O)(=O)N3CCCCC3)c2)ccc1OC. The number of carbonyl (C=O) groups excluding carboxylic acids is 1. The Morgan fingerprint density at radius 3 is 2.25 bits per heavy atom. The maximum absolute atomic E-state index is 13.3. The summed E-state index contributed by atoms with van der Waals surface area (Å²) in [5.41, 5.74) is 0.728. The highest BCUT2D eigenvalue weighted by molar-refractivity contribution is 7.89. The van der Waals surface area contributed by atoms with E-state index in [0.717, 1.165) is 19.3 Å². The summed E-state index contributed by atoms with van der Waals surface area (Å²) < 4.78 is 44.4. The van der Waals surface area contributed by atoms with Gasteiger partial charge in [-0.05, 0) is 63.1 Å². The molecule has 0 aromatic heterocycles. The number of hydrogen-bond donors (Lipinski definition) is 1. The van der Waals surface area contributed by atoms with Crippen molar-refractivity contribution in [3.63, 3.8) is 0 Å². The van der Waals surface area contributed by atoms with E-state index in [9.17, 15) is 13.2 Å². The molecule has 32 heavy (non-hydrogen) atoms. The van der Waals surface area contributed by atoms with Gasteiger partial charge in [0.1, 0.15) is 10.6 Å². The number of nitrogens with one attached hydrogen (secondary N) is 1. The molecule has 0 atom stereocenters. The average Bonchev–Trinajstić information content (AvgIpc) is 2.81. The lowest BCUT2D eigenvalue weighted by Gasteiger charge is -2.27. The monoisotopic (exact) mass is 462 g/mol. The second-order valence-corrected chi connectivity index (χ2v) is 9.22. The van der Waals surface area contributed by atoms with E-state index in [2.05, 4.69) is 5.32 Å². The first kappa shape index (κ1) is 23.9. The molecule has 0 spiro atoms. The van der Waals surface area contributed by atoms with Crippen LogP contribution in [0.25, 0.3) is 0 Å². The molecule has 2 aromatic carbocycles. The summed E-state index contributed by atoms with van der Waals surface area (Å²) in [5.74, 6) is 0.875. The summed E-state index contributed by atoms with van der Waals surface area (Å²) in [7, 11) is -2.21. The molecule has 1 aliphatic rings. The van der Waals surface area contributed by atoms with Crippen LogP contribution in [-0.2, 0) is 10.0 Å². The molecular formula is C23H30N2O6S. The third-order valence-corrected chi connectivity index (χ3v) is 7.08. The molecule has 1 N–H and O–H groups in total. The van der Waals surface area contributed by atoms with Crippen molar-refractivity contribution in [3.8, 4) is 17.2 Å². The number of piperidine rings is 1. The Morgan fingerprint density at radius 1 is 0.938 bits per heavy atom. The maximum Gasteiger partial charge on any atom is 0.255 e. The Morgan fingerprint density at radius 2 is 1.59 bits per heavy atom. The van der Waals surface area contributed by atoms with Gasteiger partial charge in [0.25, 0.3) is 5.91 Å². The van der Waals surface area contributed by atoms with Gasteiger partial charge in [0.05, 0.1) is 20.3 Å². The Bertz CT molecular complexity index is 1050. The van der Waals surface area contributed by atoms with Crippen molar-refractivity contribution in [1.82, 2.24) is 4.31 Å². The third kappa shape index (κ3) is 5.34. The molecule has 2 aromatic rings. The van der Waals surface area contributed by atoms with Crippen molar-refractivity contribution in [2.24, 2.45) is 0 Å². The fraction of sp³-hybridized carbons (Fsp3) is 0.435. The first-order valence-electron chi connectivity index (χ1n) is 10.8. The topological polar surface area (TPSA) is 94.2 Å². The highest BCUT2D eigenvalue weighted by Crippen LogP contribution is 2.32. The van der Waals surface area contributed by atoms with Crippen LogP contribution < -0.4 is 19.5 Å². The molecule has 0 bridgehead atoms. The molecule has 174 valence electrons. The zero-order valence-electron chi connectivity index (χ0n) is 18.7. The molecule has 1 amide bonds. The molecular weight excluding hydrogens is 432 g/mol. The molecule has 1 heterocycles. The van der Waals surface area contributed by atoms with Gasteiger partial charge in [-0.2, -0.15) is 4.31 Å². The molecule has 8 nitrogen and oxygen atoms in total. The van der Waals surface area contributed by atoms with Crippen LogP contribution in [0.2, 0.25) is 0 Å². The molecule has 1 saturated heterocycles. The fourth-order valence-corrected chi connectivity index (χ4v) is 5.27. The zero-order valence-corrected chi connectivity index (χ0v) is 19.5. The summed E-state index contributed by atoms with van der Waals surface area (Å²) in [6.45, 7) is 5.37. The van der Waals surface area contributed by atoms with E-state index in [-0.39, 0.29) is 16.6 Å². The van der Waals surface area contributed by atoms with E-state index in [1.807, 2.05) is 6.92 Å². The molecule has 1 aliphatic heterocycles. The quantitative estimate of drug-likeness (QED) is 0.607. The van der Waals surface area contributed by atoms with Crippen LogP contribution in [0.1, 0.15) is 43.5 Å². The summed E-state index contributed by atoms with van der Waals surface area (Å²) in [5, 5.41) is 2.78. The van der Waals surface area contributed by atoms with Crippen molar-refractivity contribution >= 4 is 21.6 Å². The molecule has 3 rings (SSSR count). The van der Waals surface area contributed by atoms with Crippen LogP contribution in [0, 0.1) is 0 Å². The van der Waals surface area contributed by atoms with Gasteiger partial charge in [0.2, 0.25) is 10.0 Å². The van der Waals surface area contributed by atoms with E-state index in [1.54, 1.807) is 37.3 Å². The van der Waals surface area contributed by atoms with Crippen LogP contribution in [0.4, 0.5) is 5.69 Å². The van der Waals surface area contributed by atoms with Gasteiger partial charge >= 0.3 is 0 Å². The Labute approximate surface area is 189 Å². The third-order valence-electron chi connectivity index (χ3n) is 5.16. The second kappa shape index (κ2) is 10.7.